The molecule has 1 saturated carbocycles. The second-order valence-electron chi connectivity index (χ2n) is 8.11. The van der Waals surface area contributed by atoms with E-state index in [0.717, 1.165) is 12.8 Å². The van der Waals surface area contributed by atoms with E-state index in [-0.39, 0.29) is 55.9 Å². The van der Waals surface area contributed by atoms with Crippen LogP contribution in [0.2, 0.25) is 15.1 Å². The third kappa shape index (κ3) is 5.30. The van der Waals surface area contributed by atoms with Gasteiger partial charge in [0.1, 0.15) is 11.8 Å². The van der Waals surface area contributed by atoms with Gasteiger partial charge in [0.25, 0.3) is 11.8 Å². The van der Waals surface area contributed by atoms with Gasteiger partial charge in [-0.2, -0.15) is 0 Å². The number of ether oxygens (including phenoxy) is 1. The Hall–Kier alpha value is -2.66. The fraction of sp³-hybridized carbons (Fsp3) is 0.273. The predicted molar refractivity (Wildman–Crippen MR) is 134 cm³/mol. The Morgan fingerprint density at radius 3 is 2.54 bits per heavy atom. The number of carbonyl (C=O) groups is 2. The van der Waals surface area contributed by atoms with Gasteiger partial charge >= 0.3 is 0 Å². The molecule has 0 bridgehead atoms. The van der Waals surface area contributed by atoms with E-state index in [4.69, 9.17) is 39.5 Å². The fourth-order valence-electron chi connectivity index (χ4n) is 3.43. The monoisotopic (exact) mass is 553 g/mol. The Morgan fingerprint density at radius 1 is 1.09 bits per heavy atom. The van der Waals surface area contributed by atoms with Gasteiger partial charge in [-0.1, -0.05) is 34.8 Å². The number of pyridine rings is 1. The second kappa shape index (κ2) is 9.77. The second-order valence-corrected chi connectivity index (χ2v) is 10.9. The Morgan fingerprint density at radius 2 is 1.86 bits per heavy atom. The summed E-state index contributed by atoms with van der Waals surface area (Å²) in [6.45, 7) is 0. The fourth-order valence-corrected chi connectivity index (χ4v) is 5.04. The zero-order valence-electron chi connectivity index (χ0n) is 18.0. The van der Waals surface area contributed by atoms with E-state index in [0.29, 0.717) is 11.5 Å². The minimum atomic E-state index is -0.917. The number of amides is 2. The number of carbonyl (C=O) groups excluding carboxylic acids is 2. The summed E-state index contributed by atoms with van der Waals surface area (Å²) in [4.78, 5) is 30.5. The first kappa shape index (κ1) is 24.1. The zero-order valence-corrected chi connectivity index (χ0v) is 21.0. The summed E-state index contributed by atoms with van der Waals surface area (Å²) in [5, 5.41) is 10.5. The number of hydrogen-bond acceptors (Lipinski definition) is 6. The molecule has 2 N–H and O–H groups in total. The average Bonchev–Trinajstić information content (AvgIpc) is 3.50. The molecule has 5 rings (SSSR count). The molecule has 1 aliphatic heterocycles. The number of anilines is 1. The first-order valence-electron chi connectivity index (χ1n) is 10.6. The van der Waals surface area contributed by atoms with Crippen molar-refractivity contribution in [3.8, 4) is 11.7 Å². The molecule has 3 heterocycles. The maximum atomic E-state index is 13.4. The van der Waals surface area contributed by atoms with Crippen LogP contribution in [-0.4, -0.2) is 54.4 Å². The van der Waals surface area contributed by atoms with Crippen molar-refractivity contribution in [1.29, 1.82) is 0 Å². The van der Waals surface area contributed by atoms with Crippen LogP contribution in [0.25, 0.3) is 5.82 Å². The highest BCUT2D eigenvalue weighted by Crippen LogP contribution is 2.32. The minimum absolute atomic E-state index is 0.0422. The van der Waals surface area contributed by atoms with Crippen molar-refractivity contribution >= 4 is 63.1 Å². The van der Waals surface area contributed by atoms with Crippen LogP contribution < -0.4 is 15.4 Å². The van der Waals surface area contributed by atoms with Crippen LogP contribution in [0.4, 0.5) is 5.69 Å². The lowest BCUT2D eigenvalue weighted by atomic mass is 10.1. The third-order valence-corrected chi connectivity index (χ3v) is 7.64. The van der Waals surface area contributed by atoms with E-state index < -0.39 is 22.6 Å². The molecular weight excluding hydrogens is 537 g/mol. The summed E-state index contributed by atoms with van der Waals surface area (Å²) in [7, 11) is -0.917. The van der Waals surface area contributed by atoms with Gasteiger partial charge in [0, 0.05) is 34.1 Å². The largest absolute Gasteiger partial charge is 0.471 e. The van der Waals surface area contributed by atoms with Gasteiger partial charge in [-0.05, 0) is 37.1 Å². The van der Waals surface area contributed by atoms with E-state index in [9.17, 15) is 13.8 Å². The summed E-state index contributed by atoms with van der Waals surface area (Å²) in [6.07, 6.45) is 3.03. The molecule has 3 aromatic rings. The zero-order chi connectivity index (χ0) is 24.7. The van der Waals surface area contributed by atoms with Gasteiger partial charge in [-0.25, -0.2) is 9.67 Å². The number of hydrogen-bond donors (Lipinski definition) is 2. The number of nitrogens with one attached hydrogen (secondary N) is 2. The lowest BCUT2D eigenvalue weighted by Crippen LogP contribution is -2.41. The van der Waals surface area contributed by atoms with E-state index in [1.165, 1.54) is 29.1 Å². The van der Waals surface area contributed by atoms with Crippen molar-refractivity contribution in [2.45, 2.75) is 25.0 Å². The predicted octanol–water partition coefficient (Wildman–Crippen LogP) is 3.88. The van der Waals surface area contributed by atoms with Crippen molar-refractivity contribution in [2.24, 2.45) is 0 Å². The molecule has 1 aromatic carbocycles. The van der Waals surface area contributed by atoms with Gasteiger partial charge in [-0.15, -0.1) is 5.10 Å². The van der Waals surface area contributed by atoms with E-state index in [1.807, 2.05) is 0 Å². The van der Waals surface area contributed by atoms with Crippen LogP contribution in [0.5, 0.6) is 5.88 Å². The molecule has 2 aromatic heterocycles. The average molecular weight is 555 g/mol. The molecular formula is C22H18Cl3N5O4S. The van der Waals surface area contributed by atoms with Gasteiger partial charge in [0.05, 0.1) is 32.8 Å². The highest BCUT2D eigenvalue weighted by Gasteiger charge is 2.30. The SMILES string of the molecule is O=C(NC1CC1)c1cc(Cl)cc(Cl)c1NC(=O)c1cc(OC2CS(=O)C2)nn1-c1ncccc1Cl. The molecule has 9 nitrogen and oxygen atoms in total. The molecule has 0 spiro atoms. The molecule has 35 heavy (non-hydrogen) atoms. The number of nitrogens with zero attached hydrogens (tertiary/aromatic N) is 3. The highest BCUT2D eigenvalue weighted by molar-refractivity contribution is 7.86. The van der Waals surface area contributed by atoms with E-state index in [2.05, 4.69) is 20.7 Å². The van der Waals surface area contributed by atoms with Crippen LogP contribution in [0, 0.1) is 0 Å². The third-order valence-electron chi connectivity index (χ3n) is 5.34. The first-order chi connectivity index (χ1) is 16.8. The van der Waals surface area contributed by atoms with E-state index in [1.54, 1.807) is 12.1 Å². The smallest absolute Gasteiger partial charge is 0.274 e. The summed E-state index contributed by atoms with van der Waals surface area (Å²) in [6, 6.07) is 7.66. The van der Waals surface area contributed by atoms with Crippen molar-refractivity contribution in [2.75, 3.05) is 16.8 Å². The van der Waals surface area contributed by atoms with Crippen LogP contribution >= 0.6 is 34.8 Å². The standard InChI is InChI=1S/C22H18Cl3N5O4S/c23-11-6-14(21(31)27-12-3-4-12)19(16(25)7-11)28-22(32)17-8-18(34-13-9-35(33)10-13)29-30(17)20-15(24)2-1-5-26-20/h1-2,5-8,12-13H,3-4,9-10H2,(H,27,31)(H,28,32). The molecule has 13 heteroatoms. The quantitative estimate of drug-likeness (QED) is 0.458. The molecule has 2 aliphatic rings. The van der Waals surface area contributed by atoms with Crippen molar-refractivity contribution < 1.29 is 18.5 Å². The summed E-state index contributed by atoms with van der Waals surface area (Å²) in [5.41, 5.74) is 0.287. The molecule has 2 amide bonds. The summed E-state index contributed by atoms with van der Waals surface area (Å²) in [5.74, 6) is 0.108. The van der Waals surface area contributed by atoms with Gasteiger partial charge in [0.2, 0.25) is 5.88 Å². The molecule has 0 atom stereocenters. The number of rotatable bonds is 7. The van der Waals surface area contributed by atoms with Gasteiger partial charge < -0.3 is 15.4 Å². The minimum Gasteiger partial charge on any atom is -0.471 e. The molecule has 0 unspecified atom stereocenters. The Labute approximate surface area is 217 Å². The highest BCUT2D eigenvalue weighted by atomic mass is 35.5. The van der Waals surface area contributed by atoms with Crippen LogP contribution in [-0.2, 0) is 10.8 Å². The molecule has 1 saturated heterocycles. The molecule has 182 valence electrons. The van der Waals surface area contributed by atoms with Gasteiger partial charge in [-0.3, -0.25) is 13.8 Å². The normalized spacial score (nSPS) is 19.1. The lowest BCUT2D eigenvalue weighted by Gasteiger charge is -2.24. The van der Waals surface area contributed by atoms with Crippen molar-refractivity contribution in [1.82, 2.24) is 20.1 Å². The van der Waals surface area contributed by atoms with Crippen molar-refractivity contribution in [3.63, 3.8) is 0 Å². The lowest BCUT2D eigenvalue weighted by molar-refractivity contribution is 0.0952. The maximum absolute atomic E-state index is 13.4. The number of benzene rings is 1. The van der Waals surface area contributed by atoms with Crippen LogP contribution in [0.1, 0.15) is 33.7 Å². The molecule has 2 fully saturated rings. The Bertz CT molecular complexity index is 1350. The maximum Gasteiger partial charge on any atom is 0.274 e. The van der Waals surface area contributed by atoms with Crippen molar-refractivity contribution in [3.05, 3.63) is 62.9 Å². The first-order valence-corrected chi connectivity index (χ1v) is 13.2. The Balaban J connectivity index is 1.49. The van der Waals surface area contributed by atoms with Crippen LogP contribution in [0.3, 0.4) is 0 Å². The summed E-state index contributed by atoms with van der Waals surface area (Å²) < 4.78 is 18.4. The van der Waals surface area contributed by atoms with Gasteiger partial charge in [0.15, 0.2) is 5.82 Å². The summed E-state index contributed by atoms with van der Waals surface area (Å²) >= 11 is 18.8. The number of halogens is 3. The number of aromatic nitrogens is 3. The van der Waals surface area contributed by atoms with E-state index >= 15 is 0 Å². The van der Waals surface area contributed by atoms with Crippen LogP contribution in [0.15, 0.2) is 36.5 Å². The topological polar surface area (TPSA) is 115 Å². The Kier molecular flexibility index (Phi) is 6.71. The molecule has 0 radical (unpaired) electrons. The molecule has 1 aliphatic carbocycles.